The SMILES string of the molecule is CC(C)(C)OC(=O)NCc1ccc2cc[nH]c2c1.CC(C)(C)OC(=O)NCc1ccc2ccn(CC(N)=O)c2c1. The first kappa shape index (κ1) is 30.1. The number of amides is 3. The van der Waals surface area contributed by atoms with E-state index < -0.39 is 29.3 Å². The zero-order valence-corrected chi connectivity index (χ0v) is 24.0. The predicted molar refractivity (Wildman–Crippen MR) is 156 cm³/mol. The fourth-order valence-corrected chi connectivity index (χ4v) is 3.83. The van der Waals surface area contributed by atoms with Crippen molar-refractivity contribution in [2.24, 2.45) is 5.73 Å². The quantitative estimate of drug-likeness (QED) is 0.257. The molecule has 0 unspecified atom stereocenters. The smallest absolute Gasteiger partial charge is 0.407 e. The Labute approximate surface area is 234 Å². The van der Waals surface area contributed by atoms with E-state index in [0.29, 0.717) is 13.1 Å². The molecule has 2 aromatic carbocycles. The lowest BCUT2D eigenvalue weighted by molar-refractivity contribution is -0.118. The molecule has 4 aromatic rings. The maximum atomic E-state index is 11.7. The van der Waals surface area contributed by atoms with E-state index in [1.54, 1.807) is 4.57 Å². The van der Waals surface area contributed by atoms with Gasteiger partial charge in [0, 0.05) is 36.5 Å². The topological polar surface area (TPSA) is 140 Å². The van der Waals surface area contributed by atoms with E-state index in [1.807, 2.05) is 102 Å². The molecule has 40 heavy (non-hydrogen) atoms. The highest BCUT2D eigenvalue weighted by Gasteiger charge is 2.16. The zero-order chi connectivity index (χ0) is 29.5. The zero-order valence-electron chi connectivity index (χ0n) is 24.0. The van der Waals surface area contributed by atoms with Gasteiger partial charge in [0.1, 0.15) is 17.7 Å². The van der Waals surface area contributed by atoms with Crippen LogP contribution in [0.3, 0.4) is 0 Å². The number of H-pyrrole nitrogens is 1. The summed E-state index contributed by atoms with van der Waals surface area (Å²) in [6.07, 6.45) is 2.87. The molecule has 0 aliphatic carbocycles. The van der Waals surface area contributed by atoms with Gasteiger partial charge in [0.2, 0.25) is 5.91 Å². The number of nitrogens with two attached hydrogens (primary N) is 1. The van der Waals surface area contributed by atoms with E-state index in [2.05, 4.69) is 15.6 Å². The second-order valence-electron chi connectivity index (χ2n) is 11.4. The second-order valence-corrected chi connectivity index (χ2v) is 11.4. The van der Waals surface area contributed by atoms with Crippen LogP contribution < -0.4 is 16.4 Å². The molecule has 0 saturated heterocycles. The molecule has 3 amide bonds. The highest BCUT2D eigenvalue weighted by atomic mass is 16.6. The fourth-order valence-electron chi connectivity index (χ4n) is 3.83. The third-order valence-electron chi connectivity index (χ3n) is 5.46. The van der Waals surface area contributed by atoms with E-state index in [-0.39, 0.29) is 6.54 Å². The van der Waals surface area contributed by atoms with Gasteiger partial charge < -0.3 is 35.4 Å². The molecule has 0 atom stereocenters. The number of rotatable bonds is 6. The second kappa shape index (κ2) is 12.6. The van der Waals surface area contributed by atoms with Crippen molar-refractivity contribution in [3.63, 3.8) is 0 Å². The Hall–Kier alpha value is -4.47. The van der Waals surface area contributed by atoms with Gasteiger partial charge >= 0.3 is 12.2 Å². The number of nitrogens with zero attached hydrogens (tertiary/aromatic N) is 1. The number of carbonyl (C=O) groups excluding carboxylic acids is 3. The Morgan fingerprint density at radius 2 is 1.35 bits per heavy atom. The first-order valence-corrected chi connectivity index (χ1v) is 13.0. The maximum absolute atomic E-state index is 11.7. The van der Waals surface area contributed by atoms with Gasteiger partial charge in [-0.1, -0.05) is 24.3 Å². The molecular formula is C30H39N5O5. The first-order valence-electron chi connectivity index (χ1n) is 13.0. The number of primary amides is 1. The van der Waals surface area contributed by atoms with Gasteiger partial charge in [-0.2, -0.15) is 0 Å². The van der Waals surface area contributed by atoms with E-state index in [4.69, 9.17) is 15.2 Å². The van der Waals surface area contributed by atoms with Crippen molar-refractivity contribution in [3.8, 4) is 0 Å². The molecule has 0 saturated carbocycles. The van der Waals surface area contributed by atoms with Gasteiger partial charge in [-0.25, -0.2) is 9.59 Å². The van der Waals surface area contributed by atoms with Crippen molar-refractivity contribution in [2.45, 2.75) is 72.4 Å². The van der Waals surface area contributed by atoms with Crippen molar-refractivity contribution < 1.29 is 23.9 Å². The van der Waals surface area contributed by atoms with Crippen LogP contribution in [0.1, 0.15) is 52.7 Å². The van der Waals surface area contributed by atoms with E-state index in [1.165, 1.54) is 0 Å². The van der Waals surface area contributed by atoms with Crippen molar-refractivity contribution in [1.82, 2.24) is 20.2 Å². The fraction of sp³-hybridized carbons (Fsp3) is 0.367. The monoisotopic (exact) mass is 549 g/mol. The van der Waals surface area contributed by atoms with Crippen molar-refractivity contribution in [1.29, 1.82) is 0 Å². The Bertz CT molecular complexity index is 1470. The van der Waals surface area contributed by atoms with Gasteiger partial charge in [0.25, 0.3) is 0 Å². The summed E-state index contributed by atoms with van der Waals surface area (Å²) in [6, 6.07) is 15.8. The Morgan fingerprint density at radius 1 is 0.800 bits per heavy atom. The third kappa shape index (κ3) is 9.68. The molecule has 0 aliphatic rings. The maximum Gasteiger partial charge on any atom is 0.407 e. The van der Waals surface area contributed by atoms with Crippen molar-refractivity contribution in [3.05, 3.63) is 72.1 Å². The van der Waals surface area contributed by atoms with Crippen LogP contribution >= 0.6 is 0 Å². The van der Waals surface area contributed by atoms with Gasteiger partial charge in [0.15, 0.2) is 0 Å². The third-order valence-corrected chi connectivity index (χ3v) is 5.46. The molecule has 10 nitrogen and oxygen atoms in total. The number of carbonyl (C=O) groups is 3. The molecule has 0 radical (unpaired) electrons. The van der Waals surface area contributed by atoms with Crippen LogP contribution in [0.25, 0.3) is 21.8 Å². The van der Waals surface area contributed by atoms with E-state index in [0.717, 1.165) is 32.9 Å². The number of aromatic nitrogens is 2. The largest absolute Gasteiger partial charge is 0.444 e. The van der Waals surface area contributed by atoms with Crippen LogP contribution in [0.5, 0.6) is 0 Å². The molecular weight excluding hydrogens is 510 g/mol. The summed E-state index contributed by atoms with van der Waals surface area (Å²) in [5.41, 5.74) is 8.18. The predicted octanol–water partition coefficient (Wildman–Crippen LogP) is 5.34. The number of fused-ring (bicyclic) bond motifs is 2. The lowest BCUT2D eigenvalue weighted by Gasteiger charge is -2.19. The summed E-state index contributed by atoms with van der Waals surface area (Å²) in [5, 5.41) is 7.63. The number of alkyl carbamates (subject to hydrolysis) is 2. The van der Waals surface area contributed by atoms with Crippen LogP contribution in [0.2, 0.25) is 0 Å². The molecule has 4 rings (SSSR count). The number of benzene rings is 2. The number of hydrogen-bond acceptors (Lipinski definition) is 5. The van der Waals surface area contributed by atoms with E-state index >= 15 is 0 Å². The molecule has 5 N–H and O–H groups in total. The summed E-state index contributed by atoms with van der Waals surface area (Å²) in [4.78, 5) is 37.4. The van der Waals surface area contributed by atoms with Gasteiger partial charge in [-0.15, -0.1) is 0 Å². The van der Waals surface area contributed by atoms with Crippen molar-refractivity contribution in [2.75, 3.05) is 0 Å². The Morgan fingerprint density at radius 3 is 1.90 bits per heavy atom. The average molecular weight is 550 g/mol. The number of aromatic amines is 1. The number of nitrogens with one attached hydrogen (secondary N) is 3. The normalized spacial score (nSPS) is 11.4. The summed E-state index contributed by atoms with van der Waals surface area (Å²) in [7, 11) is 0. The molecule has 2 heterocycles. The molecule has 0 bridgehead atoms. The van der Waals surface area contributed by atoms with Crippen LogP contribution in [0.4, 0.5) is 9.59 Å². The van der Waals surface area contributed by atoms with Crippen molar-refractivity contribution >= 4 is 39.9 Å². The molecule has 10 heteroatoms. The van der Waals surface area contributed by atoms with Crippen LogP contribution in [-0.4, -0.2) is 38.8 Å². The summed E-state index contributed by atoms with van der Waals surface area (Å²) < 4.78 is 12.2. The number of hydrogen-bond donors (Lipinski definition) is 4. The molecule has 214 valence electrons. The summed E-state index contributed by atoms with van der Waals surface area (Å²) in [6.45, 7) is 11.9. The minimum Gasteiger partial charge on any atom is -0.444 e. The van der Waals surface area contributed by atoms with Gasteiger partial charge in [-0.05, 0) is 87.7 Å². The number of ether oxygens (including phenoxy) is 2. The lowest BCUT2D eigenvalue weighted by Crippen LogP contribution is -2.32. The average Bonchev–Trinajstić information content (AvgIpc) is 3.46. The molecule has 0 aliphatic heterocycles. The molecule has 2 aromatic heterocycles. The van der Waals surface area contributed by atoms with E-state index in [9.17, 15) is 14.4 Å². The Balaban J connectivity index is 0.000000225. The van der Waals surface area contributed by atoms with Crippen LogP contribution in [0, 0.1) is 0 Å². The molecule has 0 spiro atoms. The van der Waals surface area contributed by atoms with Crippen LogP contribution in [-0.2, 0) is 33.9 Å². The Kier molecular flexibility index (Phi) is 9.47. The highest BCUT2D eigenvalue weighted by molar-refractivity contribution is 5.83. The minimum absolute atomic E-state index is 0.131. The van der Waals surface area contributed by atoms with Crippen LogP contribution in [0.15, 0.2) is 60.9 Å². The summed E-state index contributed by atoms with van der Waals surface area (Å²) >= 11 is 0. The molecule has 0 fully saturated rings. The standard InChI is InChI=1S/C16H21N3O3.C14H18N2O2/c1-16(2,3)22-15(21)18-9-11-4-5-12-6-7-19(10-14(17)20)13(12)8-11;1-14(2,3)18-13(17)16-9-10-4-5-11-6-7-15-12(11)8-10/h4-8H,9-10H2,1-3H3,(H2,17,20)(H,18,21);4-8,15H,9H2,1-3H3,(H,16,17). The van der Waals surface area contributed by atoms with Gasteiger partial charge in [-0.3, -0.25) is 4.79 Å². The highest BCUT2D eigenvalue weighted by Crippen LogP contribution is 2.18. The lowest BCUT2D eigenvalue weighted by atomic mass is 10.1. The summed E-state index contributed by atoms with van der Waals surface area (Å²) in [5.74, 6) is -0.394. The van der Waals surface area contributed by atoms with Gasteiger partial charge in [0.05, 0.1) is 0 Å². The first-order chi connectivity index (χ1) is 18.7. The minimum atomic E-state index is -0.524.